The van der Waals surface area contributed by atoms with Gasteiger partial charge in [-0.25, -0.2) is 8.42 Å². The van der Waals surface area contributed by atoms with Crippen LogP contribution in [0, 0.1) is 0 Å². The van der Waals surface area contributed by atoms with Crippen molar-refractivity contribution >= 4 is 26.8 Å². The van der Waals surface area contributed by atoms with E-state index in [1.165, 1.54) is 13.2 Å². The Morgan fingerprint density at radius 3 is 2.57 bits per heavy atom. The molecule has 3 rings (SSSR count). The molecule has 1 N–H and O–H groups in total. The number of aliphatic carboxylic acids is 1. The van der Waals surface area contributed by atoms with Gasteiger partial charge in [-0.05, 0) is 25.0 Å². The fourth-order valence-electron chi connectivity index (χ4n) is 3.05. The maximum absolute atomic E-state index is 13.0. The van der Waals surface area contributed by atoms with Crippen LogP contribution in [0.5, 0.6) is 5.75 Å². The van der Waals surface area contributed by atoms with Gasteiger partial charge in [0.2, 0.25) is 10.0 Å². The van der Waals surface area contributed by atoms with E-state index >= 15 is 0 Å². The molecule has 6 nitrogen and oxygen atoms in total. The van der Waals surface area contributed by atoms with E-state index in [2.05, 4.69) is 0 Å². The van der Waals surface area contributed by atoms with Gasteiger partial charge in [-0.2, -0.15) is 4.31 Å². The second kappa shape index (κ2) is 5.82. The van der Waals surface area contributed by atoms with Gasteiger partial charge < -0.3 is 9.84 Å². The third kappa shape index (κ3) is 2.55. The molecule has 0 spiro atoms. The minimum Gasteiger partial charge on any atom is -0.496 e. The Labute approximate surface area is 134 Å². The molecule has 0 radical (unpaired) electrons. The predicted octanol–water partition coefficient (Wildman–Crippen LogP) is 2.09. The Bertz CT molecular complexity index is 862. The Morgan fingerprint density at radius 2 is 1.91 bits per heavy atom. The number of rotatable bonds is 4. The number of sulfonamides is 1. The summed E-state index contributed by atoms with van der Waals surface area (Å²) in [6, 6.07) is 9.12. The number of benzene rings is 2. The molecule has 0 amide bonds. The molecule has 1 aliphatic rings. The number of hydrogen-bond acceptors (Lipinski definition) is 4. The summed E-state index contributed by atoms with van der Waals surface area (Å²) in [5, 5.41) is 10.5. The van der Waals surface area contributed by atoms with Gasteiger partial charge in [0.25, 0.3) is 0 Å². The lowest BCUT2D eigenvalue weighted by molar-refractivity contribution is -0.140. The fourth-order valence-corrected chi connectivity index (χ4v) is 4.90. The van der Waals surface area contributed by atoms with Crippen LogP contribution in [-0.2, 0) is 14.8 Å². The molecule has 23 heavy (non-hydrogen) atoms. The van der Waals surface area contributed by atoms with E-state index in [0.29, 0.717) is 29.4 Å². The molecule has 1 heterocycles. The van der Waals surface area contributed by atoms with Crippen LogP contribution in [0.15, 0.2) is 41.3 Å². The Hall–Kier alpha value is -2.12. The normalized spacial score (nSPS) is 19.1. The highest BCUT2D eigenvalue weighted by molar-refractivity contribution is 7.89. The van der Waals surface area contributed by atoms with Crippen molar-refractivity contribution in [3.05, 3.63) is 36.4 Å². The summed E-state index contributed by atoms with van der Waals surface area (Å²) in [7, 11) is -2.36. The number of methoxy groups -OCH3 is 1. The standard InChI is InChI=1S/C16H17NO5S/c1-22-14-8-9-15(12-6-3-2-5-11(12)14)23(20,21)17-10-4-7-13(17)16(18)19/h2-3,5-6,8-9,13H,4,7,10H2,1H3,(H,18,19)/t13-/m0/s1. The molecule has 1 saturated heterocycles. The van der Waals surface area contributed by atoms with E-state index in [4.69, 9.17) is 4.74 Å². The van der Waals surface area contributed by atoms with Crippen molar-refractivity contribution < 1.29 is 23.1 Å². The first-order valence-electron chi connectivity index (χ1n) is 7.27. The highest BCUT2D eigenvalue weighted by Crippen LogP contribution is 2.34. The number of ether oxygens (including phenoxy) is 1. The molecule has 122 valence electrons. The maximum atomic E-state index is 13.0. The van der Waals surface area contributed by atoms with Gasteiger partial charge in [-0.1, -0.05) is 24.3 Å². The van der Waals surface area contributed by atoms with Gasteiger partial charge in [-0.3, -0.25) is 4.79 Å². The number of carboxylic acid groups (broad SMARTS) is 1. The molecular formula is C16H17NO5S. The Morgan fingerprint density at radius 1 is 1.22 bits per heavy atom. The topological polar surface area (TPSA) is 83.9 Å². The second-order valence-electron chi connectivity index (χ2n) is 5.42. The van der Waals surface area contributed by atoms with E-state index in [9.17, 15) is 18.3 Å². The van der Waals surface area contributed by atoms with Crippen molar-refractivity contribution in [1.82, 2.24) is 4.31 Å². The zero-order chi connectivity index (χ0) is 16.6. The van der Waals surface area contributed by atoms with Crippen LogP contribution in [0.3, 0.4) is 0 Å². The average molecular weight is 335 g/mol. The smallest absolute Gasteiger partial charge is 0.322 e. The lowest BCUT2D eigenvalue weighted by atomic mass is 10.1. The second-order valence-corrected chi connectivity index (χ2v) is 7.28. The summed E-state index contributed by atoms with van der Waals surface area (Å²) >= 11 is 0. The van der Waals surface area contributed by atoms with Crippen LogP contribution >= 0.6 is 0 Å². The molecular weight excluding hydrogens is 318 g/mol. The molecule has 0 saturated carbocycles. The van der Waals surface area contributed by atoms with Crippen LogP contribution in [0.4, 0.5) is 0 Å². The summed E-state index contributed by atoms with van der Waals surface area (Å²) < 4.78 is 32.3. The van der Waals surface area contributed by atoms with Gasteiger partial charge >= 0.3 is 5.97 Å². The van der Waals surface area contributed by atoms with E-state index in [-0.39, 0.29) is 11.4 Å². The van der Waals surface area contributed by atoms with Crippen LogP contribution in [-0.4, -0.2) is 43.5 Å². The maximum Gasteiger partial charge on any atom is 0.322 e. The van der Waals surface area contributed by atoms with Gasteiger partial charge in [0.15, 0.2) is 0 Å². The zero-order valence-electron chi connectivity index (χ0n) is 12.6. The molecule has 0 unspecified atom stereocenters. The first kappa shape index (κ1) is 15.8. The van der Waals surface area contributed by atoms with Crippen LogP contribution in [0.25, 0.3) is 10.8 Å². The van der Waals surface area contributed by atoms with Crippen LogP contribution < -0.4 is 4.74 Å². The van der Waals surface area contributed by atoms with E-state index < -0.39 is 22.0 Å². The quantitative estimate of drug-likeness (QED) is 0.925. The summed E-state index contributed by atoms with van der Waals surface area (Å²) in [4.78, 5) is 11.4. The summed E-state index contributed by atoms with van der Waals surface area (Å²) in [6.07, 6.45) is 0.882. The number of carbonyl (C=O) groups is 1. The number of carboxylic acids is 1. The first-order valence-corrected chi connectivity index (χ1v) is 8.71. The molecule has 2 aromatic rings. The summed E-state index contributed by atoms with van der Waals surface area (Å²) in [6.45, 7) is 0.222. The molecule has 2 aromatic carbocycles. The summed E-state index contributed by atoms with van der Waals surface area (Å²) in [5.41, 5.74) is 0. The molecule has 1 atom stereocenters. The highest BCUT2D eigenvalue weighted by Gasteiger charge is 2.40. The van der Waals surface area contributed by atoms with Gasteiger partial charge in [0.05, 0.1) is 12.0 Å². The van der Waals surface area contributed by atoms with Crippen molar-refractivity contribution in [3.8, 4) is 5.75 Å². The molecule has 7 heteroatoms. The average Bonchev–Trinajstić information content (AvgIpc) is 3.04. The molecule has 0 aliphatic carbocycles. The van der Waals surface area contributed by atoms with E-state index in [0.717, 1.165) is 4.31 Å². The molecule has 0 aromatic heterocycles. The molecule has 1 aliphatic heterocycles. The minimum atomic E-state index is -3.89. The van der Waals surface area contributed by atoms with Crippen LogP contribution in [0.1, 0.15) is 12.8 Å². The molecule has 1 fully saturated rings. The SMILES string of the molecule is COc1ccc(S(=O)(=O)N2CCC[C@H]2C(=O)O)c2ccccc12. The van der Waals surface area contributed by atoms with E-state index in [1.54, 1.807) is 30.3 Å². The fraction of sp³-hybridized carbons (Fsp3) is 0.312. The van der Waals surface area contributed by atoms with Crippen molar-refractivity contribution in [1.29, 1.82) is 0 Å². The highest BCUT2D eigenvalue weighted by atomic mass is 32.2. The van der Waals surface area contributed by atoms with Gasteiger partial charge in [-0.15, -0.1) is 0 Å². The predicted molar refractivity (Wildman–Crippen MR) is 85.0 cm³/mol. The van der Waals surface area contributed by atoms with E-state index in [1.807, 2.05) is 0 Å². The minimum absolute atomic E-state index is 0.113. The van der Waals surface area contributed by atoms with Crippen molar-refractivity contribution in [2.24, 2.45) is 0 Å². The van der Waals surface area contributed by atoms with Crippen molar-refractivity contribution in [3.63, 3.8) is 0 Å². The monoisotopic (exact) mass is 335 g/mol. The number of nitrogens with zero attached hydrogens (tertiary/aromatic N) is 1. The largest absolute Gasteiger partial charge is 0.496 e. The van der Waals surface area contributed by atoms with Crippen LogP contribution in [0.2, 0.25) is 0 Å². The third-order valence-corrected chi connectivity index (χ3v) is 6.11. The van der Waals surface area contributed by atoms with Crippen molar-refractivity contribution in [2.45, 2.75) is 23.8 Å². The Kier molecular flexibility index (Phi) is 3.99. The lowest BCUT2D eigenvalue weighted by Gasteiger charge is -2.22. The zero-order valence-corrected chi connectivity index (χ0v) is 13.4. The van der Waals surface area contributed by atoms with Gasteiger partial charge in [0, 0.05) is 17.3 Å². The first-order chi connectivity index (χ1) is 11.0. The van der Waals surface area contributed by atoms with Gasteiger partial charge in [0.1, 0.15) is 11.8 Å². The summed E-state index contributed by atoms with van der Waals surface area (Å²) in [5.74, 6) is -0.528. The third-order valence-electron chi connectivity index (χ3n) is 4.14. The van der Waals surface area contributed by atoms with Crippen molar-refractivity contribution in [2.75, 3.05) is 13.7 Å². The number of fused-ring (bicyclic) bond motifs is 1. The Balaban J connectivity index is 2.18. The molecule has 0 bridgehead atoms. The number of hydrogen-bond donors (Lipinski definition) is 1. The lowest BCUT2D eigenvalue weighted by Crippen LogP contribution is -2.40.